The number of aromatic hydroxyl groups is 1. The third-order valence-corrected chi connectivity index (χ3v) is 5.08. The first-order valence-electron chi connectivity index (χ1n) is 9.00. The molecule has 0 saturated carbocycles. The Bertz CT molecular complexity index is 1080. The van der Waals surface area contributed by atoms with Crippen molar-refractivity contribution < 1.29 is 5.11 Å². The van der Waals surface area contributed by atoms with Gasteiger partial charge in [0.2, 0.25) is 5.88 Å². The van der Waals surface area contributed by atoms with Crippen LogP contribution in [0.5, 0.6) is 5.88 Å². The van der Waals surface area contributed by atoms with Gasteiger partial charge in [-0.05, 0) is 24.5 Å². The summed E-state index contributed by atoms with van der Waals surface area (Å²) in [6, 6.07) is 7.52. The molecule has 7 heteroatoms. The maximum atomic E-state index is 13.0. The first kappa shape index (κ1) is 16.7. The Morgan fingerprint density at radius 1 is 1.23 bits per heavy atom. The normalized spacial score (nSPS) is 16.7. The maximum Gasteiger partial charge on any atom is 0.331 e. The van der Waals surface area contributed by atoms with Gasteiger partial charge in [0.15, 0.2) is 0 Å². The third kappa shape index (κ3) is 2.55. The second kappa shape index (κ2) is 6.49. The van der Waals surface area contributed by atoms with Crippen LogP contribution in [0.15, 0.2) is 33.9 Å². The number of rotatable bonds is 4. The number of H-pyrrole nitrogens is 2. The number of fused-ring (bicyclic) bond motifs is 3. The van der Waals surface area contributed by atoms with E-state index in [1.807, 2.05) is 25.1 Å². The monoisotopic (exact) mass is 354 g/mol. The molecule has 0 radical (unpaired) electrons. The van der Waals surface area contributed by atoms with E-state index < -0.39 is 17.3 Å². The van der Waals surface area contributed by atoms with E-state index in [0.29, 0.717) is 13.1 Å². The van der Waals surface area contributed by atoms with Crippen LogP contribution < -0.4 is 16.6 Å². The Balaban J connectivity index is 1.90. The lowest BCUT2D eigenvalue weighted by atomic mass is 9.95. The number of benzene rings is 1. The number of nitrogens with one attached hydrogen (secondary N) is 3. The van der Waals surface area contributed by atoms with Crippen molar-refractivity contribution in [2.24, 2.45) is 0 Å². The van der Waals surface area contributed by atoms with E-state index in [-0.39, 0.29) is 11.4 Å². The van der Waals surface area contributed by atoms with Gasteiger partial charge in [0, 0.05) is 29.7 Å². The fraction of sp³-hybridized carbons (Fsp3) is 0.368. The van der Waals surface area contributed by atoms with Crippen LogP contribution in [-0.2, 0) is 13.0 Å². The highest BCUT2D eigenvalue weighted by Crippen LogP contribution is 2.34. The number of hydrogen-bond donors (Lipinski definition) is 4. The highest BCUT2D eigenvalue weighted by Gasteiger charge is 2.30. The lowest BCUT2D eigenvalue weighted by Gasteiger charge is -2.25. The number of hydrogen-bond acceptors (Lipinski definition) is 4. The van der Waals surface area contributed by atoms with Crippen LogP contribution >= 0.6 is 0 Å². The molecule has 3 heterocycles. The molecule has 1 atom stereocenters. The van der Waals surface area contributed by atoms with Crippen molar-refractivity contribution in [2.45, 2.75) is 38.8 Å². The molecule has 1 unspecified atom stereocenters. The minimum Gasteiger partial charge on any atom is -0.494 e. The number of aromatic nitrogens is 3. The molecule has 4 N–H and O–H groups in total. The molecule has 2 aromatic heterocycles. The lowest BCUT2D eigenvalue weighted by molar-refractivity contribution is 0.415. The van der Waals surface area contributed by atoms with E-state index in [2.05, 4.69) is 21.4 Å². The zero-order valence-electron chi connectivity index (χ0n) is 14.6. The smallest absolute Gasteiger partial charge is 0.331 e. The SMILES string of the molecule is CCCCn1c(=O)[nH]c(O)c(C2NCCc3c2[nH]c2ccccc32)c1=O. The van der Waals surface area contributed by atoms with Crippen LogP contribution in [0.25, 0.3) is 10.9 Å². The molecule has 0 aliphatic carbocycles. The molecule has 0 fully saturated rings. The third-order valence-electron chi connectivity index (χ3n) is 5.08. The van der Waals surface area contributed by atoms with Gasteiger partial charge in [-0.25, -0.2) is 4.79 Å². The first-order chi connectivity index (χ1) is 12.6. The number of aromatic amines is 2. The molecule has 0 saturated heterocycles. The summed E-state index contributed by atoms with van der Waals surface area (Å²) in [4.78, 5) is 30.9. The molecule has 1 aliphatic rings. The van der Waals surface area contributed by atoms with Gasteiger partial charge < -0.3 is 15.4 Å². The number of nitrogens with zero attached hydrogens (tertiary/aromatic N) is 1. The minimum absolute atomic E-state index is 0.188. The summed E-state index contributed by atoms with van der Waals surface area (Å²) in [6.45, 7) is 3.02. The summed E-state index contributed by atoms with van der Waals surface area (Å²) in [5.41, 5.74) is 2.20. The molecule has 3 aromatic rings. The van der Waals surface area contributed by atoms with Crippen LogP contribution in [0.3, 0.4) is 0 Å². The van der Waals surface area contributed by atoms with Crippen molar-refractivity contribution in [3.8, 4) is 5.88 Å². The van der Waals surface area contributed by atoms with Gasteiger partial charge in [0.1, 0.15) is 5.56 Å². The summed E-state index contributed by atoms with van der Waals surface area (Å²) < 4.78 is 1.18. The topological polar surface area (TPSA) is 103 Å². The largest absolute Gasteiger partial charge is 0.494 e. The molecule has 0 bridgehead atoms. The fourth-order valence-corrected chi connectivity index (χ4v) is 3.78. The Morgan fingerprint density at radius 3 is 2.85 bits per heavy atom. The Kier molecular flexibility index (Phi) is 4.16. The zero-order valence-corrected chi connectivity index (χ0v) is 14.6. The summed E-state index contributed by atoms with van der Waals surface area (Å²) in [7, 11) is 0. The van der Waals surface area contributed by atoms with Crippen molar-refractivity contribution in [3.05, 3.63) is 61.9 Å². The second-order valence-electron chi connectivity index (χ2n) is 6.70. The second-order valence-corrected chi connectivity index (χ2v) is 6.70. The predicted molar refractivity (Wildman–Crippen MR) is 99.7 cm³/mol. The molecular formula is C19H22N4O3. The quantitative estimate of drug-likeness (QED) is 0.573. The highest BCUT2D eigenvalue weighted by molar-refractivity contribution is 5.85. The molecule has 0 amide bonds. The average molecular weight is 354 g/mol. The summed E-state index contributed by atoms with van der Waals surface area (Å²) in [6.07, 6.45) is 2.43. The molecular weight excluding hydrogens is 332 g/mol. The molecule has 0 spiro atoms. The minimum atomic E-state index is -0.572. The van der Waals surface area contributed by atoms with Gasteiger partial charge in [0.25, 0.3) is 5.56 Å². The first-order valence-corrected chi connectivity index (χ1v) is 9.00. The van der Waals surface area contributed by atoms with E-state index in [1.54, 1.807) is 0 Å². The van der Waals surface area contributed by atoms with Crippen molar-refractivity contribution in [1.29, 1.82) is 0 Å². The summed E-state index contributed by atoms with van der Waals surface area (Å²) >= 11 is 0. The van der Waals surface area contributed by atoms with Gasteiger partial charge in [-0.15, -0.1) is 0 Å². The van der Waals surface area contributed by atoms with E-state index in [1.165, 1.54) is 4.57 Å². The van der Waals surface area contributed by atoms with E-state index in [0.717, 1.165) is 41.4 Å². The molecule has 4 rings (SSSR count). The lowest BCUT2D eigenvalue weighted by Crippen LogP contribution is -2.41. The molecule has 7 nitrogen and oxygen atoms in total. The van der Waals surface area contributed by atoms with E-state index in [4.69, 9.17) is 0 Å². The van der Waals surface area contributed by atoms with E-state index in [9.17, 15) is 14.7 Å². The fourth-order valence-electron chi connectivity index (χ4n) is 3.78. The van der Waals surface area contributed by atoms with Crippen molar-refractivity contribution in [3.63, 3.8) is 0 Å². The van der Waals surface area contributed by atoms with Crippen molar-refractivity contribution in [1.82, 2.24) is 19.9 Å². The molecule has 26 heavy (non-hydrogen) atoms. The zero-order chi connectivity index (χ0) is 18.3. The Hall–Kier alpha value is -2.80. The van der Waals surface area contributed by atoms with Gasteiger partial charge in [-0.1, -0.05) is 31.5 Å². The van der Waals surface area contributed by atoms with Gasteiger partial charge in [-0.2, -0.15) is 0 Å². The standard InChI is InChI=1S/C19H22N4O3/c1-2-3-10-23-18(25)14(17(24)22-19(23)26)16-15-12(8-9-20-16)11-6-4-5-7-13(11)21-15/h4-7,16,20-21,24H,2-3,8-10H2,1H3,(H,22,26). The van der Waals surface area contributed by atoms with Crippen LogP contribution in [0.2, 0.25) is 0 Å². The Morgan fingerprint density at radius 2 is 2.04 bits per heavy atom. The van der Waals surface area contributed by atoms with Gasteiger partial charge >= 0.3 is 5.69 Å². The number of para-hydroxylation sites is 1. The maximum absolute atomic E-state index is 13.0. The van der Waals surface area contributed by atoms with Crippen LogP contribution in [0.1, 0.15) is 42.6 Å². The van der Waals surface area contributed by atoms with Crippen LogP contribution in [0, 0.1) is 0 Å². The predicted octanol–water partition coefficient (Wildman–Crippen LogP) is 1.76. The van der Waals surface area contributed by atoms with Gasteiger partial charge in [-0.3, -0.25) is 14.3 Å². The number of unbranched alkanes of at least 4 members (excludes halogenated alkanes) is 1. The molecule has 136 valence electrons. The van der Waals surface area contributed by atoms with Crippen LogP contribution in [0.4, 0.5) is 0 Å². The van der Waals surface area contributed by atoms with E-state index >= 15 is 0 Å². The Labute approximate surface area is 149 Å². The molecule has 1 aromatic carbocycles. The van der Waals surface area contributed by atoms with Crippen LogP contribution in [-0.4, -0.2) is 26.2 Å². The highest BCUT2D eigenvalue weighted by atomic mass is 16.3. The van der Waals surface area contributed by atoms with Crippen molar-refractivity contribution in [2.75, 3.05) is 6.54 Å². The molecule has 1 aliphatic heterocycles. The summed E-state index contributed by atoms with van der Waals surface area (Å²) in [5.74, 6) is -0.364. The summed E-state index contributed by atoms with van der Waals surface area (Å²) in [5, 5.41) is 14.8. The van der Waals surface area contributed by atoms with Crippen molar-refractivity contribution >= 4 is 10.9 Å². The van der Waals surface area contributed by atoms with Gasteiger partial charge in [0.05, 0.1) is 6.04 Å². The average Bonchev–Trinajstić information content (AvgIpc) is 3.01.